The van der Waals surface area contributed by atoms with Crippen LogP contribution in [-0.2, 0) is 17.9 Å². The van der Waals surface area contributed by atoms with Crippen molar-refractivity contribution in [2.24, 2.45) is 11.7 Å². The van der Waals surface area contributed by atoms with Gasteiger partial charge in [0.25, 0.3) is 0 Å². The Morgan fingerprint density at radius 1 is 1.24 bits per heavy atom. The van der Waals surface area contributed by atoms with E-state index < -0.39 is 0 Å². The average molecular weight is 344 g/mol. The van der Waals surface area contributed by atoms with Crippen LogP contribution in [-0.4, -0.2) is 27.1 Å². The third-order valence-corrected chi connectivity index (χ3v) is 5.26. The van der Waals surface area contributed by atoms with Crippen LogP contribution in [0.2, 0.25) is 0 Å². The van der Waals surface area contributed by atoms with Crippen LogP contribution in [0.15, 0.2) is 29.1 Å². The number of imidazole rings is 1. The van der Waals surface area contributed by atoms with E-state index >= 15 is 0 Å². The monoisotopic (exact) mass is 344 g/mol. The SMILES string of the molecule is CCCn1c(=O)n(CCC(=O)NC(C)(CN)C2CC2)c2ccccc21. The molecular formula is C19H28N4O2. The van der Waals surface area contributed by atoms with Crippen molar-refractivity contribution in [3.05, 3.63) is 34.7 Å². The predicted molar refractivity (Wildman–Crippen MR) is 99.4 cm³/mol. The summed E-state index contributed by atoms with van der Waals surface area (Å²) < 4.78 is 3.50. The Bertz CT molecular complexity index is 818. The number of hydrogen-bond acceptors (Lipinski definition) is 3. The first-order valence-corrected chi connectivity index (χ1v) is 9.19. The first-order valence-electron chi connectivity index (χ1n) is 9.19. The number of rotatable bonds is 8. The molecule has 6 nitrogen and oxygen atoms in total. The van der Waals surface area contributed by atoms with Crippen LogP contribution in [0.4, 0.5) is 0 Å². The summed E-state index contributed by atoms with van der Waals surface area (Å²) in [5.41, 5.74) is 7.32. The Morgan fingerprint density at radius 2 is 1.84 bits per heavy atom. The van der Waals surface area contributed by atoms with Crippen molar-refractivity contribution in [1.29, 1.82) is 0 Å². The van der Waals surface area contributed by atoms with Crippen LogP contribution in [0.5, 0.6) is 0 Å². The average Bonchev–Trinajstić information content (AvgIpc) is 3.42. The highest BCUT2D eigenvalue weighted by atomic mass is 16.2. The number of nitrogens with one attached hydrogen (secondary N) is 1. The maximum absolute atomic E-state index is 12.7. The van der Waals surface area contributed by atoms with E-state index in [1.165, 1.54) is 0 Å². The van der Waals surface area contributed by atoms with Crippen molar-refractivity contribution in [3.63, 3.8) is 0 Å². The van der Waals surface area contributed by atoms with Gasteiger partial charge in [-0.1, -0.05) is 19.1 Å². The molecule has 1 aliphatic rings. The lowest BCUT2D eigenvalue weighted by atomic mass is 9.96. The normalized spacial score (nSPS) is 16.8. The Labute approximate surface area is 148 Å². The molecule has 6 heteroatoms. The van der Waals surface area contributed by atoms with Gasteiger partial charge in [-0.25, -0.2) is 4.79 Å². The molecule has 1 aromatic heterocycles. The highest BCUT2D eigenvalue weighted by molar-refractivity contribution is 5.78. The molecule has 0 radical (unpaired) electrons. The van der Waals surface area contributed by atoms with Gasteiger partial charge in [0.2, 0.25) is 5.91 Å². The van der Waals surface area contributed by atoms with Crippen molar-refractivity contribution in [1.82, 2.24) is 14.5 Å². The van der Waals surface area contributed by atoms with Crippen molar-refractivity contribution in [2.45, 2.75) is 58.2 Å². The van der Waals surface area contributed by atoms with Crippen LogP contribution in [0.1, 0.15) is 39.5 Å². The third-order valence-electron chi connectivity index (χ3n) is 5.26. The van der Waals surface area contributed by atoms with E-state index in [1.807, 2.05) is 31.2 Å². The van der Waals surface area contributed by atoms with Gasteiger partial charge in [0.15, 0.2) is 0 Å². The molecule has 0 aliphatic heterocycles. The summed E-state index contributed by atoms with van der Waals surface area (Å²) in [7, 11) is 0. The van der Waals surface area contributed by atoms with Gasteiger partial charge >= 0.3 is 5.69 Å². The standard InChI is InChI=1S/C19H28N4O2/c1-3-11-22-15-6-4-5-7-16(15)23(18(22)25)12-10-17(24)21-19(2,13-20)14-8-9-14/h4-7,14H,3,8-13,20H2,1-2H3,(H,21,24). The minimum Gasteiger partial charge on any atom is -0.349 e. The van der Waals surface area contributed by atoms with Crippen molar-refractivity contribution in [3.8, 4) is 0 Å². The summed E-state index contributed by atoms with van der Waals surface area (Å²) >= 11 is 0. The van der Waals surface area contributed by atoms with Gasteiger partial charge < -0.3 is 11.1 Å². The summed E-state index contributed by atoms with van der Waals surface area (Å²) in [5, 5.41) is 3.09. The molecule has 1 heterocycles. The number of hydrogen-bond donors (Lipinski definition) is 2. The molecule has 1 aromatic carbocycles. The van der Waals surface area contributed by atoms with Gasteiger partial charge in [-0.3, -0.25) is 13.9 Å². The second-order valence-electron chi connectivity index (χ2n) is 7.27. The molecule has 136 valence electrons. The lowest BCUT2D eigenvalue weighted by molar-refractivity contribution is -0.123. The highest BCUT2D eigenvalue weighted by Crippen LogP contribution is 2.38. The van der Waals surface area contributed by atoms with E-state index in [4.69, 9.17) is 5.73 Å². The molecule has 1 saturated carbocycles. The molecule has 25 heavy (non-hydrogen) atoms. The number of carbonyl (C=O) groups excluding carboxylic acids is 1. The number of aromatic nitrogens is 2. The van der Waals surface area contributed by atoms with Crippen molar-refractivity contribution in [2.75, 3.05) is 6.54 Å². The van der Waals surface area contributed by atoms with Gasteiger partial charge in [0.1, 0.15) is 0 Å². The Balaban J connectivity index is 1.76. The molecule has 1 aliphatic carbocycles. The van der Waals surface area contributed by atoms with Crippen LogP contribution < -0.4 is 16.7 Å². The van der Waals surface area contributed by atoms with Crippen LogP contribution in [0, 0.1) is 5.92 Å². The molecule has 0 bridgehead atoms. The number of nitrogens with two attached hydrogens (primary N) is 1. The number of benzene rings is 1. The number of nitrogens with zero attached hydrogens (tertiary/aromatic N) is 2. The van der Waals surface area contributed by atoms with Gasteiger partial charge in [0, 0.05) is 26.1 Å². The number of para-hydroxylation sites is 2. The second-order valence-corrected chi connectivity index (χ2v) is 7.27. The van der Waals surface area contributed by atoms with Crippen molar-refractivity contribution < 1.29 is 4.79 Å². The summed E-state index contributed by atoms with van der Waals surface area (Å²) in [4.78, 5) is 25.1. The number of amides is 1. The summed E-state index contributed by atoms with van der Waals surface area (Å²) in [5.74, 6) is 0.440. The van der Waals surface area contributed by atoms with Gasteiger partial charge in [-0.05, 0) is 44.2 Å². The lowest BCUT2D eigenvalue weighted by Gasteiger charge is -2.29. The predicted octanol–water partition coefficient (Wildman–Crippen LogP) is 1.85. The van der Waals surface area contributed by atoms with E-state index in [-0.39, 0.29) is 23.6 Å². The van der Waals surface area contributed by atoms with Gasteiger partial charge in [-0.15, -0.1) is 0 Å². The van der Waals surface area contributed by atoms with Gasteiger partial charge in [-0.2, -0.15) is 0 Å². The molecule has 1 unspecified atom stereocenters. The number of carbonyl (C=O) groups is 1. The van der Waals surface area contributed by atoms with Gasteiger partial charge in [0.05, 0.1) is 16.6 Å². The first kappa shape index (κ1) is 17.7. The molecule has 1 amide bonds. The molecular weight excluding hydrogens is 316 g/mol. The topological polar surface area (TPSA) is 82.0 Å². The minimum absolute atomic E-state index is 0.0420. The van der Waals surface area contributed by atoms with E-state index in [0.717, 1.165) is 30.3 Å². The Kier molecular flexibility index (Phi) is 4.99. The quantitative estimate of drug-likeness (QED) is 0.767. The molecule has 3 N–H and O–H groups in total. The fraction of sp³-hybridized carbons (Fsp3) is 0.579. The molecule has 2 aromatic rings. The van der Waals surface area contributed by atoms with E-state index in [0.29, 0.717) is 25.6 Å². The smallest absolute Gasteiger partial charge is 0.329 e. The van der Waals surface area contributed by atoms with Crippen LogP contribution in [0.3, 0.4) is 0 Å². The zero-order valence-corrected chi connectivity index (χ0v) is 15.1. The van der Waals surface area contributed by atoms with Crippen molar-refractivity contribution >= 4 is 16.9 Å². The number of fused-ring (bicyclic) bond motifs is 1. The minimum atomic E-state index is -0.321. The zero-order valence-electron chi connectivity index (χ0n) is 15.1. The largest absolute Gasteiger partial charge is 0.349 e. The fourth-order valence-electron chi connectivity index (χ4n) is 3.56. The maximum Gasteiger partial charge on any atom is 0.329 e. The molecule has 0 saturated heterocycles. The summed E-state index contributed by atoms with van der Waals surface area (Å²) in [6.45, 7) is 5.58. The second kappa shape index (κ2) is 7.04. The van der Waals surface area contributed by atoms with Crippen LogP contribution >= 0.6 is 0 Å². The molecule has 1 atom stereocenters. The molecule has 3 rings (SSSR count). The fourth-order valence-corrected chi connectivity index (χ4v) is 3.56. The summed E-state index contributed by atoms with van der Waals surface area (Å²) in [6.07, 6.45) is 3.42. The number of aryl methyl sites for hydroxylation is 2. The molecule has 0 spiro atoms. The van der Waals surface area contributed by atoms with E-state index in [2.05, 4.69) is 12.2 Å². The van der Waals surface area contributed by atoms with E-state index in [1.54, 1.807) is 9.13 Å². The van der Waals surface area contributed by atoms with Crippen LogP contribution in [0.25, 0.3) is 11.0 Å². The van der Waals surface area contributed by atoms with E-state index in [9.17, 15) is 9.59 Å². The highest BCUT2D eigenvalue weighted by Gasteiger charge is 2.41. The zero-order chi connectivity index (χ0) is 18.0. The molecule has 1 fully saturated rings. The summed E-state index contributed by atoms with van der Waals surface area (Å²) in [6, 6.07) is 7.76. The lowest BCUT2D eigenvalue weighted by Crippen LogP contribution is -2.53. The first-order chi connectivity index (χ1) is 12.0. The Hall–Kier alpha value is -2.08. The Morgan fingerprint density at radius 3 is 2.36 bits per heavy atom. The maximum atomic E-state index is 12.7. The third kappa shape index (κ3) is 3.49.